The average molecular weight is 179 g/mol. The molecule has 3 heteroatoms. The topological polar surface area (TPSA) is 51.8 Å². The Morgan fingerprint density at radius 1 is 1.00 bits per heavy atom. The third-order valence-electron chi connectivity index (χ3n) is 2.03. The van der Waals surface area contributed by atoms with E-state index in [0.717, 1.165) is 19.4 Å². The molecular formula is C10H17N3. The van der Waals surface area contributed by atoms with E-state index in [1.165, 1.54) is 24.8 Å². The van der Waals surface area contributed by atoms with Gasteiger partial charge in [0.1, 0.15) is 6.33 Å². The highest BCUT2D eigenvalue weighted by atomic mass is 14.8. The highest BCUT2D eigenvalue weighted by molar-refractivity contribution is 5.01. The fourth-order valence-corrected chi connectivity index (χ4v) is 1.29. The van der Waals surface area contributed by atoms with E-state index in [4.69, 9.17) is 5.73 Å². The fraction of sp³-hybridized carbons (Fsp3) is 0.600. The second-order valence-electron chi connectivity index (χ2n) is 3.20. The van der Waals surface area contributed by atoms with E-state index in [2.05, 4.69) is 9.97 Å². The Balaban J connectivity index is 2.07. The van der Waals surface area contributed by atoms with Crippen LogP contribution in [0.15, 0.2) is 18.7 Å². The molecule has 1 rings (SSSR count). The SMILES string of the molecule is NCCCCCCc1cncnc1. The Labute approximate surface area is 79.4 Å². The van der Waals surface area contributed by atoms with Gasteiger partial charge in [0.25, 0.3) is 0 Å². The Hall–Kier alpha value is -0.960. The predicted molar refractivity (Wildman–Crippen MR) is 53.3 cm³/mol. The van der Waals surface area contributed by atoms with Crippen molar-refractivity contribution in [1.29, 1.82) is 0 Å². The first-order chi connectivity index (χ1) is 6.43. The highest BCUT2D eigenvalue weighted by Crippen LogP contribution is 2.04. The van der Waals surface area contributed by atoms with Crippen LogP contribution >= 0.6 is 0 Å². The summed E-state index contributed by atoms with van der Waals surface area (Å²) in [6.45, 7) is 0.814. The summed E-state index contributed by atoms with van der Waals surface area (Å²) in [5.74, 6) is 0. The van der Waals surface area contributed by atoms with E-state index in [1.807, 2.05) is 12.4 Å². The summed E-state index contributed by atoms with van der Waals surface area (Å²) in [4.78, 5) is 7.94. The average Bonchev–Trinajstić information content (AvgIpc) is 2.19. The van der Waals surface area contributed by atoms with Crippen LogP contribution in [-0.4, -0.2) is 16.5 Å². The lowest BCUT2D eigenvalue weighted by Crippen LogP contribution is -1.97. The number of hydrogen-bond acceptors (Lipinski definition) is 3. The zero-order valence-corrected chi connectivity index (χ0v) is 7.95. The van der Waals surface area contributed by atoms with E-state index in [-0.39, 0.29) is 0 Å². The van der Waals surface area contributed by atoms with Crippen molar-refractivity contribution in [3.63, 3.8) is 0 Å². The van der Waals surface area contributed by atoms with Crippen LogP contribution in [0.25, 0.3) is 0 Å². The number of hydrogen-bond donors (Lipinski definition) is 1. The molecule has 0 bridgehead atoms. The van der Waals surface area contributed by atoms with Crippen molar-refractivity contribution in [3.05, 3.63) is 24.3 Å². The lowest BCUT2D eigenvalue weighted by molar-refractivity contribution is 0.645. The lowest BCUT2D eigenvalue weighted by Gasteiger charge is -1.99. The summed E-state index contributed by atoms with van der Waals surface area (Å²) in [7, 11) is 0. The number of rotatable bonds is 6. The minimum atomic E-state index is 0.814. The monoisotopic (exact) mass is 179 g/mol. The Kier molecular flexibility index (Phi) is 5.10. The minimum absolute atomic E-state index is 0.814. The maximum atomic E-state index is 5.40. The summed E-state index contributed by atoms with van der Waals surface area (Å²) >= 11 is 0. The van der Waals surface area contributed by atoms with Crippen molar-refractivity contribution in [3.8, 4) is 0 Å². The van der Waals surface area contributed by atoms with E-state index in [0.29, 0.717) is 0 Å². The second kappa shape index (κ2) is 6.54. The first-order valence-electron chi connectivity index (χ1n) is 4.87. The van der Waals surface area contributed by atoms with Gasteiger partial charge in [0.15, 0.2) is 0 Å². The van der Waals surface area contributed by atoms with Crippen molar-refractivity contribution in [2.24, 2.45) is 5.73 Å². The molecule has 13 heavy (non-hydrogen) atoms. The first kappa shape index (κ1) is 10.1. The number of nitrogens with two attached hydrogens (primary N) is 1. The smallest absolute Gasteiger partial charge is 0.115 e. The van der Waals surface area contributed by atoms with Crippen molar-refractivity contribution in [1.82, 2.24) is 9.97 Å². The second-order valence-corrected chi connectivity index (χ2v) is 3.20. The van der Waals surface area contributed by atoms with Gasteiger partial charge in [-0.1, -0.05) is 12.8 Å². The maximum absolute atomic E-state index is 5.40. The van der Waals surface area contributed by atoms with Crippen LogP contribution in [0.1, 0.15) is 31.2 Å². The number of nitrogens with zero attached hydrogens (tertiary/aromatic N) is 2. The Bertz CT molecular complexity index is 211. The van der Waals surface area contributed by atoms with Gasteiger partial charge in [-0.3, -0.25) is 0 Å². The van der Waals surface area contributed by atoms with E-state index in [1.54, 1.807) is 6.33 Å². The summed E-state index contributed by atoms with van der Waals surface area (Å²) in [5.41, 5.74) is 6.63. The van der Waals surface area contributed by atoms with Crippen molar-refractivity contribution in [2.45, 2.75) is 32.1 Å². The van der Waals surface area contributed by atoms with Crippen molar-refractivity contribution in [2.75, 3.05) is 6.54 Å². The van der Waals surface area contributed by atoms with Crippen LogP contribution in [0.3, 0.4) is 0 Å². The van der Waals surface area contributed by atoms with Gasteiger partial charge in [-0.15, -0.1) is 0 Å². The van der Waals surface area contributed by atoms with Crippen LogP contribution in [0.2, 0.25) is 0 Å². The number of aromatic nitrogens is 2. The third kappa shape index (κ3) is 4.58. The van der Waals surface area contributed by atoms with Gasteiger partial charge in [-0.05, 0) is 31.4 Å². The molecule has 1 heterocycles. The van der Waals surface area contributed by atoms with Gasteiger partial charge >= 0.3 is 0 Å². The summed E-state index contributed by atoms with van der Waals surface area (Å²) in [5, 5.41) is 0. The minimum Gasteiger partial charge on any atom is -0.330 e. The van der Waals surface area contributed by atoms with Crippen LogP contribution in [0.4, 0.5) is 0 Å². The molecule has 0 saturated carbocycles. The molecule has 0 atom stereocenters. The molecular weight excluding hydrogens is 162 g/mol. The quantitative estimate of drug-likeness (QED) is 0.674. The summed E-state index contributed by atoms with van der Waals surface area (Å²) in [6, 6.07) is 0. The molecule has 0 aliphatic rings. The molecule has 2 N–H and O–H groups in total. The molecule has 0 aliphatic heterocycles. The van der Waals surface area contributed by atoms with Gasteiger partial charge in [0, 0.05) is 12.4 Å². The molecule has 0 amide bonds. The van der Waals surface area contributed by atoms with Gasteiger partial charge in [0.2, 0.25) is 0 Å². The first-order valence-corrected chi connectivity index (χ1v) is 4.87. The number of unbranched alkanes of at least 4 members (excludes halogenated alkanes) is 3. The summed E-state index contributed by atoms with van der Waals surface area (Å²) < 4.78 is 0. The highest BCUT2D eigenvalue weighted by Gasteiger charge is 1.92. The van der Waals surface area contributed by atoms with E-state index >= 15 is 0 Å². The van der Waals surface area contributed by atoms with Crippen LogP contribution in [0, 0.1) is 0 Å². The predicted octanol–water partition coefficient (Wildman–Crippen LogP) is 1.54. The zero-order valence-electron chi connectivity index (χ0n) is 7.95. The Morgan fingerprint density at radius 2 is 1.69 bits per heavy atom. The van der Waals surface area contributed by atoms with Crippen molar-refractivity contribution >= 4 is 0 Å². The van der Waals surface area contributed by atoms with Crippen LogP contribution < -0.4 is 5.73 Å². The van der Waals surface area contributed by atoms with E-state index < -0.39 is 0 Å². The molecule has 3 nitrogen and oxygen atoms in total. The fourth-order valence-electron chi connectivity index (χ4n) is 1.29. The molecule has 0 unspecified atom stereocenters. The van der Waals surface area contributed by atoms with Crippen LogP contribution in [0.5, 0.6) is 0 Å². The third-order valence-corrected chi connectivity index (χ3v) is 2.03. The van der Waals surface area contributed by atoms with Gasteiger partial charge in [0.05, 0.1) is 0 Å². The number of aryl methyl sites for hydroxylation is 1. The largest absolute Gasteiger partial charge is 0.330 e. The molecule has 0 radical (unpaired) electrons. The Morgan fingerprint density at radius 3 is 2.38 bits per heavy atom. The molecule has 0 saturated heterocycles. The van der Waals surface area contributed by atoms with Gasteiger partial charge < -0.3 is 5.73 Å². The molecule has 0 aromatic carbocycles. The molecule has 1 aromatic heterocycles. The molecule has 0 fully saturated rings. The molecule has 72 valence electrons. The lowest BCUT2D eigenvalue weighted by atomic mass is 10.1. The van der Waals surface area contributed by atoms with Gasteiger partial charge in [-0.25, -0.2) is 9.97 Å². The molecule has 0 spiro atoms. The van der Waals surface area contributed by atoms with Gasteiger partial charge in [-0.2, -0.15) is 0 Å². The molecule has 1 aromatic rings. The van der Waals surface area contributed by atoms with E-state index in [9.17, 15) is 0 Å². The summed E-state index contributed by atoms with van der Waals surface area (Å²) in [6.07, 6.45) is 11.3. The zero-order chi connectivity index (χ0) is 9.36. The van der Waals surface area contributed by atoms with Crippen LogP contribution in [-0.2, 0) is 6.42 Å². The normalized spacial score (nSPS) is 10.2. The molecule has 0 aliphatic carbocycles. The maximum Gasteiger partial charge on any atom is 0.115 e. The van der Waals surface area contributed by atoms with Crippen molar-refractivity contribution < 1.29 is 0 Å². The standard InChI is InChI=1S/C10H17N3/c11-6-4-2-1-3-5-10-7-12-9-13-8-10/h7-9H,1-6,11H2.